The van der Waals surface area contributed by atoms with E-state index in [0.717, 1.165) is 37.6 Å². The lowest BCUT2D eigenvalue weighted by Gasteiger charge is -2.11. The van der Waals surface area contributed by atoms with Crippen molar-refractivity contribution in [2.24, 2.45) is 4.99 Å². The van der Waals surface area contributed by atoms with E-state index in [-0.39, 0.29) is 0 Å². The fourth-order valence-corrected chi connectivity index (χ4v) is 3.62. The van der Waals surface area contributed by atoms with Crippen molar-refractivity contribution in [2.45, 2.75) is 12.8 Å². The molecule has 2 aromatic rings. The molecule has 0 aliphatic carbocycles. The maximum absolute atomic E-state index is 4.31. The van der Waals surface area contributed by atoms with Crippen LogP contribution in [0.4, 0.5) is 0 Å². The summed E-state index contributed by atoms with van der Waals surface area (Å²) >= 11 is 4.19. The molecule has 112 valence electrons. The minimum absolute atomic E-state index is 0.827. The Balaban J connectivity index is 1.66. The summed E-state index contributed by atoms with van der Waals surface area (Å²) in [6, 6.07) is 10.3. The normalized spacial score (nSPS) is 11.4. The van der Waals surface area contributed by atoms with Crippen LogP contribution in [0.25, 0.3) is 0 Å². The van der Waals surface area contributed by atoms with E-state index in [0.29, 0.717) is 0 Å². The van der Waals surface area contributed by atoms with E-state index in [1.54, 1.807) is 7.05 Å². The molecule has 0 saturated carbocycles. The first kappa shape index (κ1) is 16.2. The zero-order valence-corrected chi connectivity index (χ0v) is 14.9. The van der Waals surface area contributed by atoms with Crippen LogP contribution in [0.15, 0.2) is 41.5 Å². The van der Waals surface area contributed by atoms with Crippen LogP contribution in [0.1, 0.15) is 10.6 Å². The van der Waals surface area contributed by atoms with Gasteiger partial charge in [-0.25, -0.2) is 0 Å². The predicted molar refractivity (Wildman–Crippen MR) is 98.0 cm³/mol. The first-order chi connectivity index (χ1) is 10.3. The summed E-state index contributed by atoms with van der Waals surface area (Å²) in [6.07, 6.45) is 3.74. The summed E-state index contributed by atoms with van der Waals surface area (Å²) in [7, 11) is 1.80. The second kappa shape index (κ2) is 8.99. The maximum atomic E-state index is 4.31. The van der Waals surface area contributed by atoms with Crippen molar-refractivity contribution in [3.05, 3.63) is 50.0 Å². The zero-order chi connectivity index (χ0) is 14.9. The maximum Gasteiger partial charge on any atom is 0.191 e. The Hall–Kier alpha value is -1.15. The molecule has 0 amide bonds. The summed E-state index contributed by atoms with van der Waals surface area (Å²) in [5, 5.41) is 6.65. The van der Waals surface area contributed by atoms with Gasteiger partial charge in [0, 0.05) is 43.3 Å². The number of aromatic nitrogens is 1. The van der Waals surface area contributed by atoms with Gasteiger partial charge in [0.25, 0.3) is 0 Å². The number of halogens is 1. The van der Waals surface area contributed by atoms with Crippen LogP contribution in [0.3, 0.4) is 0 Å². The summed E-state index contributed by atoms with van der Waals surface area (Å²) in [5.41, 5.74) is 1.09. The van der Waals surface area contributed by atoms with Crippen LogP contribution in [0, 0.1) is 2.88 Å². The first-order valence-corrected chi connectivity index (χ1v) is 8.76. The molecular formula is C15H19IN4S. The highest BCUT2D eigenvalue weighted by atomic mass is 127. The van der Waals surface area contributed by atoms with E-state index in [2.05, 4.69) is 55.3 Å². The number of hydrogen-bond acceptors (Lipinski definition) is 3. The molecule has 0 radical (unpaired) electrons. The van der Waals surface area contributed by atoms with Gasteiger partial charge in [0.1, 0.15) is 0 Å². The van der Waals surface area contributed by atoms with Gasteiger partial charge >= 0.3 is 0 Å². The molecule has 6 heteroatoms. The summed E-state index contributed by atoms with van der Waals surface area (Å²) in [6.45, 7) is 1.72. The third kappa shape index (κ3) is 6.01. The monoisotopic (exact) mass is 414 g/mol. The van der Waals surface area contributed by atoms with Gasteiger partial charge in [-0.1, -0.05) is 6.07 Å². The third-order valence-corrected chi connectivity index (χ3v) is 4.87. The van der Waals surface area contributed by atoms with Gasteiger partial charge in [-0.2, -0.15) is 0 Å². The van der Waals surface area contributed by atoms with Crippen molar-refractivity contribution in [3.8, 4) is 0 Å². The molecule has 0 atom stereocenters. The van der Waals surface area contributed by atoms with Crippen LogP contribution < -0.4 is 10.6 Å². The Morgan fingerprint density at radius 3 is 2.62 bits per heavy atom. The largest absolute Gasteiger partial charge is 0.356 e. The highest BCUT2D eigenvalue weighted by Gasteiger charge is 2.00. The molecule has 0 spiro atoms. The highest BCUT2D eigenvalue weighted by Crippen LogP contribution is 2.18. The molecule has 2 heterocycles. The Kier molecular flexibility index (Phi) is 6.94. The lowest BCUT2D eigenvalue weighted by atomic mass is 10.3. The molecule has 21 heavy (non-hydrogen) atoms. The van der Waals surface area contributed by atoms with Gasteiger partial charge in [0.15, 0.2) is 5.96 Å². The lowest BCUT2D eigenvalue weighted by Crippen LogP contribution is -2.39. The highest BCUT2D eigenvalue weighted by molar-refractivity contribution is 14.1. The van der Waals surface area contributed by atoms with Crippen LogP contribution in [0.5, 0.6) is 0 Å². The van der Waals surface area contributed by atoms with Crippen LogP contribution in [-0.4, -0.2) is 31.1 Å². The second-order valence-electron chi connectivity index (χ2n) is 4.45. The number of thiophene rings is 1. The molecule has 0 unspecified atom stereocenters. The van der Waals surface area contributed by atoms with Crippen LogP contribution in [-0.2, 0) is 12.8 Å². The van der Waals surface area contributed by atoms with Crippen molar-refractivity contribution >= 4 is 39.9 Å². The Morgan fingerprint density at radius 2 is 2.00 bits per heavy atom. The SMILES string of the molecule is CN=C(NCCc1ccccn1)NCCc1ccc(I)s1. The standard InChI is InChI=1S/C15H19IN4S/c1-17-15(19-10-7-12-4-2-3-9-18-12)20-11-8-13-5-6-14(16)21-13/h2-6,9H,7-8,10-11H2,1H3,(H2,17,19,20). The molecule has 4 nitrogen and oxygen atoms in total. The Labute approximate surface area is 143 Å². The molecule has 0 bridgehead atoms. The zero-order valence-electron chi connectivity index (χ0n) is 12.0. The molecule has 2 rings (SSSR count). The fourth-order valence-electron chi connectivity index (χ4n) is 1.87. The van der Waals surface area contributed by atoms with Crippen molar-refractivity contribution < 1.29 is 0 Å². The van der Waals surface area contributed by atoms with Gasteiger partial charge in [0.05, 0.1) is 2.88 Å². The van der Waals surface area contributed by atoms with Crippen molar-refractivity contribution in [3.63, 3.8) is 0 Å². The van der Waals surface area contributed by atoms with Gasteiger partial charge in [-0.05, 0) is 53.3 Å². The van der Waals surface area contributed by atoms with Gasteiger partial charge in [-0.15, -0.1) is 11.3 Å². The van der Waals surface area contributed by atoms with Crippen molar-refractivity contribution in [1.82, 2.24) is 15.6 Å². The van der Waals surface area contributed by atoms with E-state index in [4.69, 9.17) is 0 Å². The van der Waals surface area contributed by atoms with Crippen LogP contribution in [0.2, 0.25) is 0 Å². The van der Waals surface area contributed by atoms with E-state index in [1.165, 1.54) is 7.76 Å². The minimum atomic E-state index is 0.827. The summed E-state index contributed by atoms with van der Waals surface area (Å²) in [5.74, 6) is 0.845. The van der Waals surface area contributed by atoms with E-state index < -0.39 is 0 Å². The predicted octanol–water partition coefficient (Wildman–Crippen LogP) is 2.70. The number of hydrogen-bond donors (Lipinski definition) is 2. The first-order valence-electron chi connectivity index (χ1n) is 6.86. The number of aliphatic imine (C=N–C) groups is 1. The molecule has 0 aliphatic heterocycles. The average Bonchev–Trinajstić information content (AvgIpc) is 2.92. The van der Waals surface area contributed by atoms with Crippen molar-refractivity contribution in [2.75, 3.05) is 20.1 Å². The van der Waals surface area contributed by atoms with E-state index >= 15 is 0 Å². The molecule has 2 N–H and O–H groups in total. The lowest BCUT2D eigenvalue weighted by molar-refractivity contribution is 0.779. The second-order valence-corrected chi connectivity index (χ2v) is 7.52. The van der Waals surface area contributed by atoms with Crippen LogP contribution >= 0.6 is 33.9 Å². The van der Waals surface area contributed by atoms with E-state index in [9.17, 15) is 0 Å². The number of rotatable bonds is 6. The molecule has 0 aromatic carbocycles. The van der Waals surface area contributed by atoms with Gasteiger partial charge in [0.2, 0.25) is 0 Å². The Bertz CT molecular complexity index is 568. The molecule has 2 aromatic heterocycles. The number of nitrogens with zero attached hydrogens (tertiary/aromatic N) is 2. The summed E-state index contributed by atoms with van der Waals surface area (Å²) in [4.78, 5) is 9.94. The van der Waals surface area contributed by atoms with Gasteiger partial charge in [-0.3, -0.25) is 9.98 Å². The molecule has 0 fully saturated rings. The topological polar surface area (TPSA) is 49.3 Å². The number of guanidine groups is 1. The number of nitrogens with one attached hydrogen (secondary N) is 2. The van der Waals surface area contributed by atoms with Gasteiger partial charge < -0.3 is 10.6 Å². The average molecular weight is 414 g/mol. The Morgan fingerprint density at radius 1 is 1.19 bits per heavy atom. The smallest absolute Gasteiger partial charge is 0.191 e. The third-order valence-electron chi connectivity index (χ3n) is 2.92. The fraction of sp³-hybridized carbons (Fsp3) is 0.333. The quantitative estimate of drug-likeness (QED) is 0.434. The molecule has 0 saturated heterocycles. The minimum Gasteiger partial charge on any atom is -0.356 e. The summed E-state index contributed by atoms with van der Waals surface area (Å²) < 4.78 is 1.33. The van der Waals surface area contributed by atoms with Crippen molar-refractivity contribution in [1.29, 1.82) is 0 Å². The van der Waals surface area contributed by atoms with E-state index in [1.807, 2.05) is 35.7 Å². The number of pyridine rings is 1. The molecular weight excluding hydrogens is 395 g/mol. The molecule has 0 aliphatic rings.